The zero-order valence-corrected chi connectivity index (χ0v) is 12.5. The average Bonchev–Trinajstić information content (AvgIpc) is 2.88. The molecule has 0 aliphatic carbocycles. The molecule has 21 heavy (non-hydrogen) atoms. The van der Waals surface area contributed by atoms with E-state index in [2.05, 4.69) is 5.32 Å². The van der Waals surface area contributed by atoms with Crippen LogP contribution in [0, 0.1) is 0 Å². The zero-order chi connectivity index (χ0) is 15.2. The lowest BCUT2D eigenvalue weighted by Crippen LogP contribution is -2.35. The van der Waals surface area contributed by atoms with E-state index in [9.17, 15) is 14.4 Å². The summed E-state index contributed by atoms with van der Waals surface area (Å²) in [7, 11) is -1.66. The molecule has 114 valence electrons. The molecule has 1 aliphatic rings. The molecule has 0 bridgehead atoms. The predicted octanol–water partition coefficient (Wildman–Crippen LogP) is 1.98. The summed E-state index contributed by atoms with van der Waals surface area (Å²) in [5.41, 5.74) is 0.849. The number of nitrogens with one attached hydrogen (secondary N) is 1. The Kier molecular flexibility index (Phi) is 5.21. The Morgan fingerprint density at radius 2 is 2.00 bits per heavy atom. The van der Waals surface area contributed by atoms with Crippen molar-refractivity contribution in [2.24, 2.45) is 0 Å². The monoisotopic (exact) mass is 311 g/mol. The molecule has 0 saturated carbocycles. The van der Waals surface area contributed by atoms with Crippen molar-refractivity contribution < 1.29 is 23.9 Å². The Balaban J connectivity index is 1.88. The molecule has 0 spiro atoms. The van der Waals surface area contributed by atoms with Crippen molar-refractivity contribution in [2.45, 2.75) is 19.6 Å². The van der Waals surface area contributed by atoms with Crippen LogP contribution in [0.25, 0.3) is 0 Å². The van der Waals surface area contributed by atoms with Crippen molar-refractivity contribution in [1.29, 1.82) is 0 Å². The second kappa shape index (κ2) is 7.12. The van der Waals surface area contributed by atoms with Gasteiger partial charge in [-0.1, -0.05) is 41.2 Å². The first-order valence-corrected chi connectivity index (χ1v) is 8.10. The van der Waals surface area contributed by atoms with Crippen LogP contribution < -0.4 is 5.32 Å². The number of rotatable bonds is 4. The Bertz CT molecular complexity index is 533. The van der Waals surface area contributed by atoms with Crippen molar-refractivity contribution in [2.75, 3.05) is 12.4 Å². The number of esters is 1. The van der Waals surface area contributed by atoms with Crippen LogP contribution in [0.5, 0.6) is 0 Å². The molecule has 1 amide bonds. The van der Waals surface area contributed by atoms with Crippen LogP contribution >= 0.6 is 10.9 Å². The minimum Gasteiger partial charge on any atom is -0.464 e. The normalized spacial score (nSPS) is 22.4. The third kappa shape index (κ3) is 3.98. The quantitative estimate of drug-likeness (QED) is 0.656. The molecule has 2 rings (SSSR count). The van der Waals surface area contributed by atoms with Crippen LogP contribution in [0.3, 0.4) is 0 Å². The molecule has 6 nitrogen and oxygen atoms in total. The van der Waals surface area contributed by atoms with E-state index < -0.39 is 33.4 Å². The van der Waals surface area contributed by atoms with Gasteiger partial charge in [0.15, 0.2) is 0 Å². The molecule has 2 unspecified atom stereocenters. The van der Waals surface area contributed by atoms with Gasteiger partial charge >= 0.3 is 11.3 Å². The summed E-state index contributed by atoms with van der Waals surface area (Å²) in [5, 5.41) is 1.50. The summed E-state index contributed by atoms with van der Waals surface area (Å²) in [4.78, 5) is 35.3. The van der Waals surface area contributed by atoms with Gasteiger partial charge in [-0.2, -0.15) is 0 Å². The standard InChI is InChI=1S/C14H17NO5S/c1-2-19-12(16)11-9-21(13(17)15-11)14(18)20-8-10-6-4-3-5-7-10/h3-7,11,21H,2,8-9H2,1H3,(H,15,17). The highest BCUT2D eigenvalue weighted by atomic mass is 32.2. The lowest BCUT2D eigenvalue weighted by atomic mass is 10.2. The van der Waals surface area contributed by atoms with Gasteiger partial charge in [-0.3, -0.25) is 4.79 Å². The second-order valence-corrected chi connectivity index (χ2v) is 6.40. The number of ether oxygens (including phenoxy) is 2. The van der Waals surface area contributed by atoms with Crippen molar-refractivity contribution in [3.8, 4) is 0 Å². The van der Waals surface area contributed by atoms with Crippen LogP contribution in [-0.2, 0) is 20.9 Å². The summed E-state index contributed by atoms with van der Waals surface area (Å²) in [6.45, 7) is 2.04. The summed E-state index contributed by atoms with van der Waals surface area (Å²) >= 11 is 0. The molecule has 1 heterocycles. The predicted molar refractivity (Wildman–Crippen MR) is 79.4 cm³/mol. The Labute approximate surface area is 125 Å². The number of amides is 1. The van der Waals surface area contributed by atoms with Crippen LogP contribution in [0.2, 0.25) is 0 Å². The van der Waals surface area contributed by atoms with Gasteiger partial charge in [0, 0.05) is 5.75 Å². The SMILES string of the molecule is CCOC(=O)C1C[SH](C(=O)OCc2ccccc2)C(=O)N1. The lowest BCUT2D eigenvalue weighted by Gasteiger charge is -2.11. The van der Waals surface area contributed by atoms with Crippen molar-refractivity contribution in [3.05, 3.63) is 35.9 Å². The number of thiol groups is 1. The van der Waals surface area contributed by atoms with Gasteiger partial charge in [0.1, 0.15) is 12.6 Å². The summed E-state index contributed by atoms with van der Waals surface area (Å²) in [6.07, 6.45) is 0. The number of benzene rings is 1. The average molecular weight is 311 g/mol. The van der Waals surface area contributed by atoms with E-state index in [0.717, 1.165) is 5.56 Å². The van der Waals surface area contributed by atoms with Crippen LogP contribution in [0.1, 0.15) is 12.5 Å². The molecule has 1 aromatic rings. The van der Waals surface area contributed by atoms with E-state index in [1.807, 2.05) is 30.3 Å². The van der Waals surface area contributed by atoms with Gasteiger partial charge in [0.2, 0.25) is 0 Å². The number of carbonyl (C=O) groups is 3. The highest BCUT2D eigenvalue weighted by molar-refractivity contribution is 8.41. The number of hydrogen-bond acceptors (Lipinski definition) is 5. The molecule has 1 aliphatic heterocycles. The maximum atomic E-state index is 11.9. The van der Waals surface area contributed by atoms with Gasteiger partial charge in [0.25, 0.3) is 5.24 Å². The van der Waals surface area contributed by atoms with E-state index in [-0.39, 0.29) is 19.0 Å². The molecule has 2 atom stereocenters. The van der Waals surface area contributed by atoms with Crippen molar-refractivity contribution in [3.63, 3.8) is 0 Å². The van der Waals surface area contributed by atoms with Gasteiger partial charge in [-0.15, -0.1) is 0 Å². The van der Waals surface area contributed by atoms with Crippen LogP contribution in [0.4, 0.5) is 9.59 Å². The molecule has 1 saturated heterocycles. The van der Waals surface area contributed by atoms with Gasteiger partial charge in [0.05, 0.1) is 6.61 Å². The molecule has 0 radical (unpaired) electrons. The van der Waals surface area contributed by atoms with Gasteiger partial charge < -0.3 is 14.8 Å². The summed E-state index contributed by atoms with van der Waals surface area (Å²) in [5.74, 6) is -0.368. The van der Waals surface area contributed by atoms with E-state index in [1.165, 1.54) is 0 Å². The highest BCUT2D eigenvalue weighted by Crippen LogP contribution is 2.35. The fraction of sp³-hybridized carbons (Fsp3) is 0.357. The minimum absolute atomic E-state index is 0.121. The fourth-order valence-electron chi connectivity index (χ4n) is 1.87. The maximum Gasteiger partial charge on any atom is 0.355 e. The largest absolute Gasteiger partial charge is 0.464 e. The van der Waals surface area contributed by atoms with Gasteiger partial charge in [-0.05, 0) is 12.5 Å². The lowest BCUT2D eigenvalue weighted by molar-refractivity contribution is -0.144. The van der Waals surface area contributed by atoms with Crippen molar-refractivity contribution >= 4 is 27.4 Å². The molecule has 1 fully saturated rings. The third-order valence-corrected chi connectivity index (χ3v) is 4.82. The third-order valence-electron chi connectivity index (χ3n) is 2.90. The highest BCUT2D eigenvalue weighted by Gasteiger charge is 2.39. The molecular weight excluding hydrogens is 294 g/mol. The first-order chi connectivity index (χ1) is 10.1. The van der Waals surface area contributed by atoms with Crippen molar-refractivity contribution in [1.82, 2.24) is 5.32 Å². The minimum atomic E-state index is -1.66. The Morgan fingerprint density at radius 1 is 1.29 bits per heavy atom. The summed E-state index contributed by atoms with van der Waals surface area (Å²) in [6, 6.07) is 8.46. The zero-order valence-electron chi connectivity index (χ0n) is 11.6. The number of carbonyl (C=O) groups excluding carboxylic acids is 3. The fourth-order valence-corrected chi connectivity index (χ4v) is 3.49. The first-order valence-electron chi connectivity index (χ1n) is 6.57. The molecule has 0 aromatic heterocycles. The molecule has 7 heteroatoms. The molecular formula is C14H17NO5S. The topological polar surface area (TPSA) is 81.7 Å². The van der Waals surface area contributed by atoms with E-state index in [1.54, 1.807) is 6.92 Å². The first kappa shape index (κ1) is 15.4. The smallest absolute Gasteiger partial charge is 0.355 e. The second-order valence-electron chi connectivity index (χ2n) is 4.40. The summed E-state index contributed by atoms with van der Waals surface area (Å²) < 4.78 is 9.98. The maximum absolute atomic E-state index is 11.9. The van der Waals surface area contributed by atoms with E-state index in [0.29, 0.717) is 0 Å². The van der Waals surface area contributed by atoms with E-state index >= 15 is 0 Å². The van der Waals surface area contributed by atoms with Crippen LogP contribution in [-0.4, -0.2) is 34.9 Å². The van der Waals surface area contributed by atoms with Gasteiger partial charge in [-0.25, -0.2) is 9.59 Å². The number of hydrogen-bond donors (Lipinski definition) is 2. The van der Waals surface area contributed by atoms with E-state index in [4.69, 9.17) is 9.47 Å². The molecule has 1 N–H and O–H groups in total. The Hall–Kier alpha value is -2.02. The molecule has 1 aromatic carbocycles. The van der Waals surface area contributed by atoms with Crippen LogP contribution in [0.15, 0.2) is 30.3 Å². The Morgan fingerprint density at radius 3 is 2.67 bits per heavy atom.